The topological polar surface area (TPSA) is 32.9 Å². The Kier molecular flexibility index (Phi) is 4.29. The number of thiophene rings is 1. The second-order valence-corrected chi connectivity index (χ2v) is 5.40. The van der Waals surface area contributed by atoms with E-state index in [1.807, 2.05) is 11.4 Å². The van der Waals surface area contributed by atoms with Crippen molar-refractivity contribution in [1.29, 1.82) is 0 Å². The van der Waals surface area contributed by atoms with Crippen molar-refractivity contribution in [2.24, 2.45) is 0 Å². The highest BCUT2D eigenvalue weighted by Gasteiger charge is 2.25. The van der Waals surface area contributed by atoms with Gasteiger partial charge in [-0.15, -0.1) is 11.3 Å². The Labute approximate surface area is 112 Å². The molecule has 0 fully saturated rings. The monoisotopic (exact) mass is 289 g/mol. The van der Waals surface area contributed by atoms with Gasteiger partial charge in [0.15, 0.2) is 0 Å². The molecule has 2 nitrogen and oxygen atoms in total. The van der Waals surface area contributed by atoms with E-state index in [0.717, 1.165) is 5.52 Å². The van der Waals surface area contributed by atoms with E-state index >= 15 is 0 Å². The molecule has 6 heteroatoms. The zero-order chi connectivity index (χ0) is 13.9. The Morgan fingerprint density at radius 2 is 2.00 bits per heavy atom. The number of aromatic nitrogens is 1. The van der Waals surface area contributed by atoms with Gasteiger partial charge in [0.25, 0.3) is 0 Å². The van der Waals surface area contributed by atoms with Crippen LogP contribution in [0.25, 0.3) is 10.2 Å². The smallest absolute Gasteiger partial charge is 0.360 e. The highest BCUT2D eigenvalue weighted by atomic mass is 32.1. The number of halogens is 3. The maximum atomic E-state index is 12.0. The molecule has 0 spiro atoms. The molecule has 2 rings (SSSR count). The highest BCUT2D eigenvalue weighted by Crippen LogP contribution is 2.23. The van der Waals surface area contributed by atoms with Gasteiger partial charge >= 0.3 is 6.18 Å². The molecule has 2 aromatic heterocycles. The van der Waals surface area contributed by atoms with Crippen LogP contribution in [0.2, 0.25) is 0 Å². The van der Waals surface area contributed by atoms with E-state index in [1.54, 1.807) is 6.20 Å². The van der Waals surface area contributed by atoms with Crippen LogP contribution in [0.15, 0.2) is 22.4 Å². The number of unbranched alkanes of at least 4 members (excludes halogenated alkanes) is 2. The lowest BCUT2D eigenvalue weighted by molar-refractivity contribution is -0.135. The summed E-state index contributed by atoms with van der Waals surface area (Å²) < 4.78 is 36.6. The number of alkyl halides is 3. The molecule has 0 aromatic carbocycles. The van der Waals surface area contributed by atoms with E-state index in [2.05, 4.69) is 4.98 Å². The van der Waals surface area contributed by atoms with E-state index in [1.165, 1.54) is 11.3 Å². The summed E-state index contributed by atoms with van der Waals surface area (Å²) >= 11 is 1.38. The van der Waals surface area contributed by atoms with Crippen LogP contribution < -0.4 is 5.43 Å². The van der Waals surface area contributed by atoms with Gasteiger partial charge in [-0.2, -0.15) is 13.2 Å². The molecule has 0 aliphatic carbocycles. The summed E-state index contributed by atoms with van der Waals surface area (Å²) in [5.74, 6) is 0. The van der Waals surface area contributed by atoms with Gasteiger partial charge in [0.05, 0.1) is 10.2 Å². The van der Waals surface area contributed by atoms with Crippen LogP contribution in [0.3, 0.4) is 0 Å². The van der Waals surface area contributed by atoms with E-state index in [-0.39, 0.29) is 11.8 Å². The molecule has 104 valence electrons. The highest BCUT2D eigenvalue weighted by molar-refractivity contribution is 7.17. The van der Waals surface area contributed by atoms with Crippen molar-refractivity contribution < 1.29 is 13.2 Å². The summed E-state index contributed by atoms with van der Waals surface area (Å²) in [5.41, 5.74) is 1.47. The van der Waals surface area contributed by atoms with Crippen molar-refractivity contribution >= 4 is 21.6 Å². The standard InChI is InChI=1S/C13H14F3NOS/c14-13(15,16)6-3-1-2-4-9-8-17-10-5-7-19-12(10)11(9)18/h5,7-8H,1-4,6H2,(H,17,18). The van der Waals surface area contributed by atoms with E-state index < -0.39 is 12.6 Å². The number of aromatic amines is 1. The Morgan fingerprint density at radius 1 is 1.21 bits per heavy atom. The Morgan fingerprint density at radius 3 is 2.74 bits per heavy atom. The number of nitrogens with one attached hydrogen (secondary N) is 1. The first-order valence-electron chi connectivity index (χ1n) is 6.12. The summed E-state index contributed by atoms with van der Waals surface area (Å²) in [7, 11) is 0. The third-order valence-corrected chi connectivity index (χ3v) is 3.88. The van der Waals surface area contributed by atoms with Gasteiger partial charge in [0, 0.05) is 18.2 Å². The van der Waals surface area contributed by atoms with E-state index in [0.29, 0.717) is 29.5 Å². The van der Waals surface area contributed by atoms with E-state index in [9.17, 15) is 18.0 Å². The van der Waals surface area contributed by atoms with Crippen molar-refractivity contribution in [3.8, 4) is 0 Å². The molecule has 1 N–H and O–H groups in total. The molecule has 0 saturated heterocycles. The zero-order valence-electron chi connectivity index (χ0n) is 10.2. The third-order valence-electron chi connectivity index (χ3n) is 2.97. The fourth-order valence-electron chi connectivity index (χ4n) is 1.98. The summed E-state index contributed by atoms with van der Waals surface area (Å²) in [6.45, 7) is 0. The fourth-order valence-corrected chi connectivity index (χ4v) is 2.81. The predicted molar refractivity (Wildman–Crippen MR) is 70.7 cm³/mol. The number of hydrogen-bond acceptors (Lipinski definition) is 2. The normalized spacial score (nSPS) is 12.2. The maximum absolute atomic E-state index is 12.0. The summed E-state index contributed by atoms with van der Waals surface area (Å²) in [6, 6.07) is 1.84. The molecule has 0 radical (unpaired) electrons. The first-order chi connectivity index (χ1) is 8.97. The molecule has 19 heavy (non-hydrogen) atoms. The molecular formula is C13H14F3NOS. The lowest BCUT2D eigenvalue weighted by Crippen LogP contribution is -2.09. The van der Waals surface area contributed by atoms with Gasteiger partial charge in [-0.05, 0) is 30.7 Å². The molecule has 0 atom stereocenters. The lowest BCUT2D eigenvalue weighted by Gasteiger charge is -2.05. The first kappa shape index (κ1) is 14.1. The van der Waals surface area contributed by atoms with Crippen molar-refractivity contribution in [1.82, 2.24) is 4.98 Å². The fraction of sp³-hybridized carbons (Fsp3) is 0.462. The molecule has 2 heterocycles. The van der Waals surface area contributed by atoms with Crippen molar-refractivity contribution in [3.63, 3.8) is 0 Å². The van der Waals surface area contributed by atoms with Crippen molar-refractivity contribution in [2.45, 2.75) is 38.3 Å². The van der Waals surface area contributed by atoms with Crippen molar-refractivity contribution in [2.75, 3.05) is 0 Å². The predicted octanol–water partition coefficient (Wildman–Crippen LogP) is 4.25. The number of fused-ring (bicyclic) bond motifs is 1. The van der Waals surface area contributed by atoms with Crippen LogP contribution in [0.5, 0.6) is 0 Å². The molecule has 0 unspecified atom stereocenters. The minimum Gasteiger partial charge on any atom is -0.360 e. The van der Waals surface area contributed by atoms with Gasteiger partial charge < -0.3 is 4.98 Å². The van der Waals surface area contributed by atoms with Crippen LogP contribution in [-0.4, -0.2) is 11.2 Å². The number of hydrogen-bond donors (Lipinski definition) is 1. The summed E-state index contributed by atoms with van der Waals surface area (Å²) in [6.07, 6.45) is -1.40. The summed E-state index contributed by atoms with van der Waals surface area (Å²) in [4.78, 5) is 15.1. The second kappa shape index (κ2) is 5.77. The number of rotatable bonds is 5. The number of H-pyrrole nitrogens is 1. The van der Waals surface area contributed by atoms with Crippen molar-refractivity contribution in [3.05, 3.63) is 33.4 Å². The summed E-state index contributed by atoms with van der Waals surface area (Å²) in [5, 5.41) is 1.84. The van der Waals surface area contributed by atoms with Crippen LogP contribution in [0.4, 0.5) is 13.2 Å². The quantitative estimate of drug-likeness (QED) is 0.820. The third kappa shape index (κ3) is 3.83. The maximum Gasteiger partial charge on any atom is 0.389 e. The Bertz CT molecular complexity index is 600. The Balaban J connectivity index is 1.88. The minimum atomic E-state index is -4.08. The SMILES string of the molecule is O=c1c(CCCCCC(F)(F)F)c[nH]c2ccsc12. The molecule has 0 aliphatic rings. The van der Waals surface area contributed by atoms with Crippen LogP contribution in [-0.2, 0) is 6.42 Å². The Hall–Kier alpha value is -1.30. The van der Waals surface area contributed by atoms with E-state index in [4.69, 9.17) is 0 Å². The molecule has 0 bridgehead atoms. The zero-order valence-corrected chi connectivity index (χ0v) is 11.0. The number of aryl methyl sites for hydroxylation is 1. The first-order valence-corrected chi connectivity index (χ1v) is 7.00. The van der Waals surface area contributed by atoms with Gasteiger partial charge in [-0.25, -0.2) is 0 Å². The molecule has 0 aliphatic heterocycles. The van der Waals surface area contributed by atoms with Gasteiger partial charge in [0.2, 0.25) is 5.43 Å². The molecule has 2 aromatic rings. The van der Waals surface area contributed by atoms with Crippen LogP contribution in [0.1, 0.15) is 31.2 Å². The molecule has 0 saturated carbocycles. The van der Waals surface area contributed by atoms with Crippen LogP contribution in [0, 0.1) is 0 Å². The van der Waals surface area contributed by atoms with Gasteiger partial charge in [-0.3, -0.25) is 4.79 Å². The molecule has 0 amide bonds. The lowest BCUT2D eigenvalue weighted by atomic mass is 10.1. The second-order valence-electron chi connectivity index (χ2n) is 4.48. The average Bonchev–Trinajstić information content (AvgIpc) is 2.79. The molecular weight excluding hydrogens is 275 g/mol. The average molecular weight is 289 g/mol. The minimum absolute atomic E-state index is 0.000397. The largest absolute Gasteiger partial charge is 0.389 e. The van der Waals surface area contributed by atoms with Crippen LogP contribution >= 0.6 is 11.3 Å². The number of pyridine rings is 1. The van der Waals surface area contributed by atoms with Gasteiger partial charge in [-0.1, -0.05) is 6.42 Å². The van der Waals surface area contributed by atoms with Gasteiger partial charge in [0.1, 0.15) is 0 Å².